The lowest BCUT2D eigenvalue weighted by Crippen LogP contribution is -1.99. The molecule has 1 atom stereocenters. The summed E-state index contributed by atoms with van der Waals surface area (Å²) >= 11 is 12.4. The van der Waals surface area contributed by atoms with Gasteiger partial charge in [0.1, 0.15) is 17.4 Å². The van der Waals surface area contributed by atoms with Crippen LogP contribution in [0.2, 0.25) is 5.02 Å². The fourth-order valence-electron chi connectivity index (χ4n) is 1.86. The summed E-state index contributed by atoms with van der Waals surface area (Å²) in [6, 6.07) is 7.45. The highest BCUT2D eigenvalue weighted by Gasteiger charge is 2.18. The van der Waals surface area contributed by atoms with Gasteiger partial charge in [0.05, 0.1) is 20.9 Å². The van der Waals surface area contributed by atoms with Gasteiger partial charge < -0.3 is 4.74 Å². The molecule has 0 aliphatic heterocycles. The van der Waals surface area contributed by atoms with Crippen LogP contribution in [-0.4, -0.2) is 6.61 Å². The smallest absolute Gasteiger partial charge is 0.142 e. The first kappa shape index (κ1) is 16.7. The zero-order valence-corrected chi connectivity index (χ0v) is 14.9. The molecule has 0 spiro atoms. The maximum atomic E-state index is 13.9. The van der Waals surface area contributed by atoms with Gasteiger partial charge in [0.15, 0.2) is 0 Å². The summed E-state index contributed by atoms with van der Waals surface area (Å²) in [5.74, 6) is -0.514. The molecule has 0 radical (unpaired) electrons. The molecular weight excluding hydrogens is 429 g/mol. The Kier molecular flexibility index (Phi) is 5.63. The minimum atomic E-state index is -0.650. The van der Waals surface area contributed by atoms with Gasteiger partial charge in [-0.3, -0.25) is 0 Å². The number of ether oxygens (including phenoxy) is 1. The minimum Gasteiger partial charge on any atom is -0.493 e. The van der Waals surface area contributed by atoms with Crippen LogP contribution in [0.25, 0.3) is 0 Å². The van der Waals surface area contributed by atoms with Crippen LogP contribution in [0, 0.1) is 11.6 Å². The second-order valence-electron chi connectivity index (χ2n) is 4.27. The van der Waals surface area contributed by atoms with Gasteiger partial charge in [-0.05, 0) is 52.7 Å². The molecule has 0 heterocycles. The van der Waals surface area contributed by atoms with E-state index in [9.17, 15) is 8.78 Å². The zero-order chi connectivity index (χ0) is 15.6. The van der Waals surface area contributed by atoms with Gasteiger partial charge in [-0.25, -0.2) is 8.78 Å². The third kappa shape index (κ3) is 3.76. The molecule has 2 aromatic rings. The Labute approximate surface area is 143 Å². The lowest BCUT2D eigenvalue weighted by Gasteiger charge is -2.14. The Morgan fingerprint density at radius 2 is 1.90 bits per heavy atom. The Morgan fingerprint density at radius 3 is 2.52 bits per heavy atom. The van der Waals surface area contributed by atoms with Gasteiger partial charge in [-0.1, -0.05) is 33.6 Å². The van der Waals surface area contributed by atoms with Crippen LogP contribution in [-0.2, 0) is 0 Å². The average molecular weight is 441 g/mol. The highest BCUT2D eigenvalue weighted by molar-refractivity contribution is 9.10. The largest absolute Gasteiger partial charge is 0.493 e. The van der Waals surface area contributed by atoms with E-state index in [-0.39, 0.29) is 10.6 Å². The van der Waals surface area contributed by atoms with Crippen LogP contribution >= 0.6 is 43.5 Å². The first-order chi connectivity index (χ1) is 9.93. The van der Waals surface area contributed by atoms with Gasteiger partial charge in [-0.15, -0.1) is 0 Å². The predicted molar refractivity (Wildman–Crippen MR) is 87.4 cm³/mol. The van der Waals surface area contributed by atoms with Crippen molar-refractivity contribution in [1.82, 2.24) is 0 Å². The second-order valence-corrected chi connectivity index (χ2v) is 6.45. The molecule has 0 aliphatic carbocycles. The summed E-state index contributed by atoms with van der Waals surface area (Å²) in [5, 5.41) is -0.233. The van der Waals surface area contributed by atoms with Crippen molar-refractivity contribution < 1.29 is 13.5 Å². The molecular formula is C15H11Br2ClF2O. The van der Waals surface area contributed by atoms with E-state index in [1.807, 2.05) is 6.92 Å². The summed E-state index contributed by atoms with van der Waals surface area (Å²) in [5.41, 5.74) is 0.957. The van der Waals surface area contributed by atoms with Crippen molar-refractivity contribution in [2.24, 2.45) is 0 Å². The zero-order valence-electron chi connectivity index (χ0n) is 11.0. The van der Waals surface area contributed by atoms with Gasteiger partial charge in [0, 0.05) is 5.56 Å². The van der Waals surface area contributed by atoms with E-state index in [0.29, 0.717) is 12.4 Å². The Hall–Kier alpha value is -0.650. The van der Waals surface area contributed by atoms with Crippen molar-refractivity contribution >= 4 is 43.5 Å². The molecule has 0 aliphatic rings. The van der Waals surface area contributed by atoms with Crippen LogP contribution in [0.15, 0.2) is 34.8 Å². The number of rotatable bonds is 4. The number of hydrogen-bond acceptors (Lipinski definition) is 1. The van der Waals surface area contributed by atoms with E-state index in [4.69, 9.17) is 16.3 Å². The van der Waals surface area contributed by atoms with E-state index in [1.165, 1.54) is 0 Å². The standard InChI is InChI=1S/C15H11Br2ClF2O/c1-2-21-14-4-3-8(5-10(14)16)15(17)9-6-13(20)11(18)7-12(9)19/h3-7,15H,2H2,1H3. The fraction of sp³-hybridized carbons (Fsp3) is 0.200. The molecule has 2 aromatic carbocycles. The third-order valence-electron chi connectivity index (χ3n) is 2.86. The van der Waals surface area contributed by atoms with Crippen LogP contribution in [0.5, 0.6) is 5.75 Å². The third-order valence-corrected chi connectivity index (χ3v) is 4.79. The van der Waals surface area contributed by atoms with E-state index in [0.717, 1.165) is 22.2 Å². The van der Waals surface area contributed by atoms with Crippen molar-refractivity contribution in [3.05, 3.63) is 62.6 Å². The van der Waals surface area contributed by atoms with Crippen LogP contribution in [0.1, 0.15) is 22.9 Å². The molecule has 1 nitrogen and oxygen atoms in total. The molecule has 2 rings (SSSR count). The minimum absolute atomic E-state index is 0.188. The SMILES string of the molecule is CCOc1ccc(C(Br)c2cc(F)c(Cl)cc2F)cc1Br. The quantitative estimate of drug-likeness (QED) is 0.403. The molecule has 0 saturated carbocycles. The summed E-state index contributed by atoms with van der Waals surface area (Å²) in [7, 11) is 0. The molecule has 1 unspecified atom stereocenters. The van der Waals surface area contributed by atoms with E-state index in [2.05, 4.69) is 31.9 Å². The van der Waals surface area contributed by atoms with E-state index in [1.54, 1.807) is 18.2 Å². The Balaban J connectivity index is 2.38. The lowest BCUT2D eigenvalue weighted by atomic mass is 10.0. The molecule has 6 heteroatoms. The van der Waals surface area contributed by atoms with Gasteiger partial charge in [0.2, 0.25) is 0 Å². The molecule has 112 valence electrons. The summed E-state index contributed by atoms with van der Waals surface area (Å²) in [4.78, 5) is -0.490. The second kappa shape index (κ2) is 7.07. The predicted octanol–water partition coefficient (Wildman–Crippen LogP) is 6.26. The summed E-state index contributed by atoms with van der Waals surface area (Å²) < 4.78 is 33.7. The number of alkyl halides is 1. The Morgan fingerprint density at radius 1 is 1.19 bits per heavy atom. The monoisotopic (exact) mass is 438 g/mol. The van der Waals surface area contributed by atoms with Gasteiger partial charge in [-0.2, -0.15) is 0 Å². The summed E-state index contributed by atoms with van der Waals surface area (Å²) in [6.45, 7) is 2.44. The Bertz CT molecular complexity index is 664. The fourth-order valence-corrected chi connectivity index (χ4v) is 3.16. The summed E-state index contributed by atoms with van der Waals surface area (Å²) in [6.07, 6.45) is 0. The highest BCUT2D eigenvalue weighted by Crippen LogP contribution is 2.37. The maximum absolute atomic E-state index is 13.9. The van der Waals surface area contributed by atoms with Crippen molar-refractivity contribution in [3.8, 4) is 5.75 Å². The molecule has 0 saturated heterocycles. The topological polar surface area (TPSA) is 9.23 Å². The van der Waals surface area contributed by atoms with Crippen molar-refractivity contribution in [1.29, 1.82) is 0 Å². The van der Waals surface area contributed by atoms with E-state index >= 15 is 0 Å². The molecule has 0 fully saturated rings. The van der Waals surface area contributed by atoms with Crippen molar-refractivity contribution in [2.75, 3.05) is 6.61 Å². The van der Waals surface area contributed by atoms with Crippen LogP contribution in [0.3, 0.4) is 0 Å². The van der Waals surface area contributed by atoms with E-state index < -0.39 is 16.5 Å². The first-order valence-corrected chi connectivity index (χ1v) is 8.23. The molecule has 0 aromatic heterocycles. The highest BCUT2D eigenvalue weighted by atomic mass is 79.9. The number of halogens is 5. The molecule has 0 bridgehead atoms. The maximum Gasteiger partial charge on any atom is 0.142 e. The normalized spacial score (nSPS) is 12.3. The first-order valence-electron chi connectivity index (χ1n) is 6.14. The average Bonchev–Trinajstić information content (AvgIpc) is 2.44. The van der Waals surface area contributed by atoms with Gasteiger partial charge in [0.25, 0.3) is 0 Å². The van der Waals surface area contributed by atoms with Crippen molar-refractivity contribution in [3.63, 3.8) is 0 Å². The van der Waals surface area contributed by atoms with Crippen molar-refractivity contribution in [2.45, 2.75) is 11.8 Å². The number of benzene rings is 2. The van der Waals surface area contributed by atoms with Gasteiger partial charge >= 0.3 is 0 Å². The molecule has 21 heavy (non-hydrogen) atoms. The van der Waals surface area contributed by atoms with Crippen LogP contribution < -0.4 is 4.74 Å². The number of hydrogen-bond donors (Lipinski definition) is 0. The molecule has 0 amide bonds. The van der Waals surface area contributed by atoms with Crippen LogP contribution in [0.4, 0.5) is 8.78 Å². The lowest BCUT2D eigenvalue weighted by molar-refractivity contribution is 0.338. The molecule has 0 N–H and O–H groups in total.